The zero-order valence-corrected chi connectivity index (χ0v) is 22.0. The van der Waals surface area contributed by atoms with Gasteiger partial charge >= 0.3 is 0 Å². The summed E-state index contributed by atoms with van der Waals surface area (Å²) in [6, 6.07) is 0. The second-order valence-corrected chi connectivity index (χ2v) is 11.2. The SMILES string of the molecule is CC=CC(C)C(CC)C(CCCC)CCCCCCC(C)C(C)(C)CCC(C)C. The Hall–Kier alpha value is -0.260. The van der Waals surface area contributed by atoms with Crippen LogP contribution in [0.25, 0.3) is 0 Å². The highest BCUT2D eigenvalue weighted by Crippen LogP contribution is 2.37. The lowest BCUT2D eigenvalue weighted by atomic mass is 9.73. The van der Waals surface area contributed by atoms with Crippen molar-refractivity contribution in [2.45, 2.75) is 139 Å². The Balaban J connectivity index is 4.31. The van der Waals surface area contributed by atoms with Crippen molar-refractivity contribution >= 4 is 0 Å². The first kappa shape index (κ1) is 28.7. The maximum Gasteiger partial charge on any atom is -0.0231 e. The van der Waals surface area contributed by atoms with E-state index < -0.39 is 0 Å². The zero-order chi connectivity index (χ0) is 22.3. The summed E-state index contributed by atoms with van der Waals surface area (Å²) in [7, 11) is 0. The molecule has 0 amide bonds. The molecule has 0 saturated heterocycles. The summed E-state index contributed by atoms with van der Waals surface area (Å²) >= 11 is 0. The molecule has 0 N–H and O–H groups in total. The van der Waals surface area contributed by atoms with Gasteiger partial charge in [0.05, 0.1) is 0 Å². The van der Waals surface area contributed by atoms with Gasteiger partial charge < -0.3 is 0 Å². The zero-order valence-electron chi connectivity index (χ0n) is 22.0. The van der Waals surface area contributed by atoms with Gasteiger partial charge in [-0.05, 0) is 48.3 Å². The lowest BCUT2D eigenvalue weighted by molar-refractivity contribution is 0.182. The summed E-state index contributed by atoms with van der Waals surface area (Å²) < 4.78 is 0. The fourth-order valence-electron chi connectivity index (χ4n) is 5.13. The lowest BCUT2D eigenvalue weighted by Crippen LogP contribution is -2.22. The summed E-state index contributed by atoms with van der Waals surface area (Å²) in [4.78, 5) is 0. The second-order valence-electron chi connectivity index (χ2n) is 11.2. The Kier molecular flexibility index (Phi) is 16.3. The molecule has 0 aliphatic heterocycles. The van der Waals surface area contributed by atoms with E-state index in [1.54, 1.807) is 0 Å². The van der Waals surface area contributed by atoms with E-state index in [0.29, 0.717) is 5.41 Å². The van der Waals surface area contributed by atoms with Gasteiger partial charge in [0, 0.05) is 0 Å². The van der Waals surface area contributed by atoms with Crippen LogP contribution < -0.4 is 0 Å². The van der Waals surface area contributed by atoms with Crippen LogP contribution in [0.5, 0.6) is 0 Å². The Morgan fingerprint density at radius 2 is 1.34 bits per heavy atom. The predicted molar refractivity (Wildman–Crippen MR) is 135 cm³/mol. The van der Waals surface area contributed by atoms with E-state index in [-0.39, 0.29) is 0 Å². The van der Waals surface area contributed by atoms with Crippen LogP contribution in [-0.4, -0.2) is 0 Å². The highest BCUT2D eigenvalue weighted by atomic mass is 14.3. The van der Waals surface area contributed by atoms with Crippen LogP contribution in [-0.2, 0) is 0 Å². The first-order chi connectivity index (χ1) is 13.7. The van der Waals surface area contributed by atoms with Gasteiger partial charge in [-0.25, -0.2) is 0 Å². The Morgan fingerprint density at radius 3 is 1.86 bits per heavy atom. The molecule has 0 heterocycles. The minimum absolute atomic E-state index is 0.507. The Morgan fingerprint density at radius 1 is 0.759 bits per heavy atom. The summed E-state index contributed by atoms with van der Waals surface area (Å²) in [6.45, 7) is 21.6. The molecule has 0 heteroatoms. The molecule has 0 aliphatic carbocycles. The maximum absolute atomic E-state index is 2.50. The third-order valence-electron chi connectivity index (χ3n) is 7.84. The minimum Gasteiger partial charge on any atom is -0.0914 e. The molecule has 29 heavy (non-hydrogen) atoms. The van der Waals surface area contributed by atoms with Crippen molar-refractivity contribution in [3.63, 3.8) is 0 Å². The largest absolute Gasteiger partial charge is 0.0914 e. The van der Waals surface area contributed by atoms with E-state index in [0.717, 1.165) is 29.6 Å². The molecule has 0 spiro atoms. The first-order valence-electron chi connectivity index (χ1n) is 13.3. The summed E-state index contributed by atoms with van der Waals surface area (Å²) in [6.07, 6.45) is 21.6. The Labute approximate surface area is 186 Å². The molecule has 0 aromatic heterocycles. The van der Waals surface area contributed by atoms with Crippen LogP contribution in [0.3, 0.4) is 0 Å². The van der Waals surface area contributed by atoms with Crippen molar-refractivity contribution in [2.24, 2.45) is 35.0 Å². The molecular weight excluding hydrogens is 348 g/mol. The summed E-state index contributed by atoms with van der Waals surface area (Å²) in [5.41, 5.74) is 0.507. The van der Waals surface area contributed by atoms with Crippen molar-refractivity contribution in [1.29, 1.82) is 0 Å². The number of allylic oxidation sites excluding steroid dienone is 2. The lowest BCUT2D eigenvalue weighted by Gasteiger charge is -2.33. The molecular formula is C29H58. The quantitative estimate of drug-likeness (QED) is 0.157. The topological polar surface area (TPSA) is 0 Å². The third-order valence-corrected chi connectivity index (χ3v) is 7.84. The van der Waals surface area contributed by atoms with Crippen LogP contribution in [0.1, 0.15) is 139 Å². The molecule has 0 saturated carbocycles. The van der Waals surface area contributed by atoms with Crippen LogP contribution in [0.4, 0.5) is 0 Å². The minimum atomic E-state index is 0.507. The fourth-order valence-corrected chi connectivity index (χ4v) is 5.13. The van der Waals surface area contributed by atoms with Crippen LogP contribution >= 0.6 is 0 Å². The molecule has 0 radical (unpaired) electrons. The van der Waals surface area contributed by atoms with Gasteiger partial charge in [-0.15, -0.1) is 0 Å². The molecule has 0 nitrogen and oxygen atoms in total. The van der Waals surface area contributed by atoms with Crippen molar-refractivity contribution < 1.29 is 0 Å². The maximum atomic E-state index is 2.50. The molecule has 0 aromatic carbocycles. The van der Waals surface area contributed by atoms with E-state index in [9.17, 15) is 0 Å². The van der Waals surface area contributed by atoms with Gasteiger partial charge in [0.15, 0.2) is 0 Å². The number of unbranched alkanes of at least 4 members (excludes halogenated alkanes) is 4. The van der Waals surface area contributed by atoms with Crippen LogP contribution in [0, 0.1) is 35.0 Å². The van der Waals surface area contributed by atoms with Gasteiger partial charge in [-0.1, -0.05) is 138 Å². The Bertz CT molecular complexity index is 389. The van der Waals surface area contributed by atoms with E-state index in [2.05, 4.69) is 74.5 Å². The number of hydrogen-bond acceptors (Lipinski definition) is 0. The van der Waals surface area contributed by atoms with Crippen LogP contribution in [0.2, 0.25) is 0 Å². The van der Waals surface area contributed by atoms with Gasteiger partial charge in [0.25, 0.3) is 0 Å². The standard InChI is InChI=1S/C29H58/c1-10-13-20-27(28(12-3)25(6)18-11-2)21-17-15-14-16-19-26(7)29(8,9)23-22-24(4)5/h11,18,24-28H,10,12-17,19-23H2,1-9H3. The highest BCUT2D eigenvalue weighted by molar-refractivity contribution is 4.89. The first-order valence-corrected chi connectivity index (χ1v) is 13.3. The average molecular weight is 407 g/mol. The van der Waals surface area contributed by atoms with Gasteiger partial charge in [-0.3, -0.25) is 0 Å². The van der Waals surface area contributed by atoms with Gasteiger partial charge in [0.1, 0.15) is 0 Å². The smallest absolute Gasteiger partial charge is 0.0231 e. The monoisotopic (exact) mass is 406 g/mol. The predicted octanol–water partition coefficient (Wildman–Crippen LogP) is 10.5. The molecule has 0 fully saturated rings. The van der Waals surface area contributed by atoms with E-state index in [4.69, 9.17) is 0 Å². The number of hydrogen-bond donors (Lipinski definition) is 0. The molecule has 174 valence electrons. The van der Waals surface area contributed by atoms with E-state index >= 15 is 0 Å². The van der Waals surface area contributed by atoms with Crippen LogP contribution in [0.15, 0.2) is 12.2 Å². The fraction of sp³-hybridized carbons (Fsp3) is 0.931. The van der Waals surface area contributed by atoms with Crippen molar-refractivity contribution in [1.82, 2.24) is 0 Å². The molecule has 4 unspecified atom stereocenters. The van der Waals surface area contributed by atoms with E-state index in [1.165, 1.54) is 77.0 Å². The van der Waals surface area contributed by atoms with Gasteiger partial charge in [-0.2, -0.15) is 0 Å². The highest BCUT2D eigenvalue weighted by Gasteiger charge is 2.25. The summed E-state index contributed by atoms with van der Waals surface area (Å²) in [5, 5.41) is 0. The van der Waals surface area contributed by atoms with Crippen molar-refractivity contribution in [3.05, 3.63) is 12.2 Å². The third kappa shape index (κ3) is 12.9. The molecule has 0 bridgehead atoms. The summed E-state index contributed by atoms with van der Waals surface area (Å²) in [5.74, 6) is 4.23. The van der Waals surface area contributed by atoms with E-state index in [1.807, 2.05) is 0 Å². The molecule has 0 rings (SSSR count). The van der Waals surface area contributed by atoms with Crippen molar-refractivity contribution in [3.8, 4) is 0 Å². The normalized spacial score (nSPS) is 17.0. The molecule has 0 aromatic rings. The molecule has 4 atom stereocenters. The second kappa shape index (κ2) is 16.4. The molecule has 0 aliphatic rings. The average Bonchev–Trinajstić information content (AvgIpc) is 2.67. The number of rotatable bonds is 18. The van der Waals surface area contributed by atoms with Gasteiger partial charge in [0.2, 0.25) is 0 Å². The van der Waals surface area contributed by atoms with Crippen molar-refractivity contribution in [2.75, 3.05) is 0 Å².